The summed E-state index contributed by atoms with van der Waals surface area (Å²) >= 11 is 0. The molecule has 0 aliphatic carbocycles. The number of nitrogen functional groups attached to an aromatic ring is 1. The van der Waals surface area contributed by atoms with E-state index in [1.807, 2.05) is 0 Å². The Morgan fingerprint density at radius 2 is 2.07 bits per heavy atom. The molecule has 0 aromatic heterocycles. The zero-order valence-electron chi connectivity index (χ0n) is 7.79. The SMILES string of the molecule is Nc1ccc(NC(=O)C2CCN2)cc1. The van der Waals surface area contributed by atoms with Gasteiger partial charge in [-0.05, 0) is 37.2 Å². The molecule has 2 rings (SSSR count). The second kappa shape index (κ2) is 3.67. The molecule has 4 N–H and O–H groups in total. The smallest absolute Gasteiger partial charge is 0.241 e. The van der Waals surface area contributed by atoms with E-state index in [-0.39, 0.29) is 11.9 Å². The van der Waals surface area contributed by atoms with Crippen molar-refractivity contribution in [3.8, 4) is 0 Å². The summed E-state index contributed by atoms with van der Waals surface area (Å²) in [6, 6.07) is 7.11. The highest BCUT2D eigenvalue weighted by molar-refractivity contribution is 5.95. The Labute approximate surface area is 82.5 Å². The van der Waals surface area contributed by atoms with Crippen LogP contribution in [-0.2, 0) is 4.79 Å². The maximum Gasteiger partial charge on any atom is 0.241 e. The monoisotopic (exact) mass is 191 g/mol. The third kappa shape index (κ3) is 1.85. The maximum atomic E-state index is 11.5. The molecular formula is C10H13N3O. The summed E-state index contributed by atoms with van der Waals surface area (Å²) in [5.74, 6) is 0.0287. The fourth-order valence-electron chi connectivity index (χ4n) is 1.31. The molecule has 1 heterocycles. The number of nitrogens with one attached hydrogen (secondary N) is 2. The van der Waals surface area contributed by atoms with Gasteiger partial charge >= 0.3 is 0 Å². The lowest BCUT2D eigenvalue weighted by molar-refractivity contribution is -0.119. The molecule has 0 radical (unpaired) electrons. The molecule has 1 aliphatic heterocycles. The van der Waals surface area contributed by atoms with Crippen LogP contribution in [0.1, 0.15) is 6.42 Å². The van der Waals surface area contributed by atoms with Gasteiger partial charge in [0.2, 0.25) is 5.91 Å². The fraction of sp³-hybridized carbons (Fsp3) is 0.300. The van der Waals surface area contributed by atoms with E-state index >= 15 is 0 Å². The molecule has 4 nitrogen and oxygen atoms in total. The van der Waals surface area contributed by atoms with E-state index < -0.39 is 0 Å². The predicted molar refractivity (Wildman–Crippen MR) is 55.9 cm³/mol. The van der Waals surface area contributed by atoms with Crippen LogP contribution in [0, 0.1) is 0 Å². The summed E-state index contributed by atoms with van der Waals surface area (Å²) in [5.41, 5.74) is 7.02. The van der Waals surface area contributed by atoms with Crippen LogP contribution >= 0.6 is 0 Å². The molecule has 14 heavy (non-hydrogen) atoms. The van der Waals surface area contributed by atoms with Crippen LogP contribution in [-0.4, -0.2) is 18.5 Å². The molecule has 1 aromatic rings. The van der Waals surface area contributed by atoms with Crippen LogP contribution in [0.15, 0.2) is 24.3 Å². The minimum Gasteiger partial charge on any atom is -0.399 e. The van der Waals surface area contributed by atoms with Gasteiger partial charge in [0.25, 0.3) is 0 Å². The van der Waals surface area contributed by atoms with Crippen LogP contribution in [0.5, 0.6) is 0 Å². The quantitative estimate of drug-likeness (QED) is 0.599. The first-order chi connectivity index (χ1) is 6.75. The molecule has 1 aliphatic rings. The van der Waals surface area contributed by atoms with Gasteiger partial charge in [0.15, 0.2) is 0 Å². The summed E-state index contributed by atoms with van der Waals surface area (Å²) in [4.78, 5) is 11.5. The first-order valence-electron chi connectivity index (χ1n) is 4.65. The zero-order valence-corrected chi connectivity index (χ0v) is 7.79. The van der Waals surface area contributed by atoms with Crippen molar-refractivity contribution >= 4 is 17.3 Å². The highest BCUT2D eigenvalue weighted by Crippen LogP contribution is 2.12. The standard InChI is InChI=1S/C10H13N3O/c11-7-1-3-8(4-2-7)13-10(14)9-5-6-12-9/h1-4,9,12H,5-6,11H2,(H,13,14). The van der Waals surface area contributed by atoms with Crippen molar-refractivity contribution in [1.29, 1.82) is 0 Å². The van der Waals surface area contributed by atoms with E-state index in [0.29, 0.717) is 5.69 Å². The number of benzene rings is 1. The molecule has 0 saturated carbocycles. The minimum atomic E-state index is -0.0208. The van der Waals surface area contributed by atoms with Crippen molar-refractivity contribution in [3.63, 3.8) is 0 Å². The lowest BCUT2D eigenvalue weighted by atomic mass is 10.1. The minimum absolute atomic E-state index is 0.0208. The van der Waals surface area contributed by atoms with Crippen molar-refractivity contribution in [1.82, 2.24) is 5.32 Å². The first kappa shape index (κ1) is 9.02. The molecule has 74 valence electrons. The van der Waals surface area contributed by atoms with E-state index in [1.165, 1.54) is 0 Å². The number of carbonyl (C=O) groups excluding carboxylic acids is 1. The Kier molecular flexibility index (Phi) is 2.37. The van der Waals surface area contributed by atoms with Gasteiger partial charge in [-0.15, -0.1) is 0 Å². The van der Waals surface area contributed by atoms with Crippen LogP contribution in [0.4, 0.5) is 11.4 Å². The summed E-state index contributed by atoms with van der Waals surface area (Å²) in [6.07, 6.45) is 0.917. The summed E-state index contributed by atoms with van der Waals surface area (Å²) < 4.78 is 0. The van der Waals surface area contributed by atoms with Crippen molar-refractivity contribution in [2.45, 2.75) is 12.5 Å². The third-order valence-electron chi connectivity index (χ3n) is 2.32. The molecule has 4 heteroatoms. The van der Waals surface area contributed by atoms with Crippen molar-refractivity contribution in [2.75, 3.05) is 17.6 Å². The van der Waals surface area contributed by atoms with Gasteiger partial charge in [0.1, 0.15) is 0 Å². The lowest BCUT2D eigenvalue weighted by Crippen LogP contribution is -2.50. The van der Waals surface area contributed by atoms with Gasteiger partial charge in [-0.2, -0.15) is 0 Å². The van der Waals surface area contributed by atoms with E-state index in [1.54, 1.807) is 24.3 Å². The molecule has 1 fully saturated rings. The Balaban J connectivity index is 1.96. The third-order valence-corrected chi connectivity index (χ3v) is 2.32. The Bertz CT molecular complexity index is 330. The average molecular weight is 191 g/mol. The lowest BCUT2D eigenvalue weighted by Gasteiger charge is -2.26. The molecule has 0 bridgehead atoms. The van der Waals surface area contributed by atoms with Gasteiger partial charge in [-0.25, -0.2) is 0 Å². The molecule has 1 atom stereocenters. The second-order valence-electron chi connectivity index (χ2n) is 3.41. The number of amides is 1. The highest BCUT2D eigenvalue weighted by atomic mass is 16.2. The zero-order chi connectivity index (χ0) is 9.97. The number of anilines is 2. The highest BCUT2D eigenvalue weighted by Gasteiger charge is 2.24. The summed E-state index contributed by atoms with van der Waals surface area (Å²) in [5, 5.41) is 5.85. The molecular weight excluding hydrogens is 178 g/mol. The van der Waals surface area contributed by atoms with Crippen LogP contribution in [0.2, 0.25) is 0 Å². The van der Waals surface area contributed by atoms with Gasteiger partial charge in [0.05, 0.1) is 6.04 Å². The fourth-order valence-corrected chi connectivity index (χ4v) is 1.31. The van der Waals surface area contributed by atoms with Gasteiger partial charge < -0.3 is 16.4 Å². The summed E-state index contributed by atoms with van der Waals surface area (Å²) in [6.45, 7) is 0.930. The molecule has 1 unspecified atom stereocenters. The van der Waals surface area contributed by atoms with Crippen molar-refractivity contribution in [2.24, 2.45) is 0 Å². The average Bonchev–Trinajstić information content (AvgIpc) is 2.06. The van der Waals surface area contributed by atoms with Crippen molar-refractivity contribution < 1.29 is 4.79 Å². The van der Waals surface area contributed by atoms with Crippen LogP contribution in [0.3, 0.4) is 0 Å². The number of hydrogen-bond donors (Lipinski definition) is 3. The van der Waals surface area contributed by atoms with Gasteiger partial charge in [0, 0.05) is 11.4 Å². The number of nitrogens with two attached hydrogens (primary N) is 1. The number of rotatable bonds is 2. The second-order valence-corrected chi connectivity index (χ2v) is 3.41. The largest absolute Gasteiger partial charge is 0.399 e. The molecule has 1 saturated heterocycles. The number of carbonyl (C=O) groups is 1. The van der Waals surface area contributed by atoms with Gasteiger partial charge in [-0.1, -0.05) is 0 Å². The Hall–Kier alpha value is -1.55. The molecule has 1 aromatic carbocycles. The maximum absolute atomic E-state index is 11.5. The van der Waals surface area contributed by atoms with E-state index in [2.05, 4.69) is 10.6 Å². The first-order valence-corrected chi connectivity index (χ1v) is 4.65. The normalized spacial score (nSPS) is 19.9. The van der Waals surface area contributed by atoms with Crippen LogP contribution in [0.25, 0.3) is 0 Å². The Morgan fingerprint density at radius 1 is 1.43 bits per heavy atom. The molecule has 1 amide bonds. The molecule has 0 spiro atoms. The predicted octanol–water partition coefficient (Wildman–Crippen LogP) is 0.569. The topological polar surface area (TPSA) is 67.1 Å². The van der Waals surface area contributed by atoms with E-state index in [4.69, 9.17) is 5.73 Å². The van der Waals surface area contributed by atoms with E-state index in [9.17, 15) is 4.79 Å². The Morgan fingerprint density at radius 3 is 2.57 bits per heavy atom. The van der Waals surface area contributed by atoms with Crippen molar-refractivity contribution in [3.05, 3.63) is 24.3 Å². The van der Waals surface area contributed by atoms with E-state index in [0.717, 1.165) is 18.7 Å². The summed E-state index contributed by atoms with van der Waals surface area (Å²) in [7, 11) is 0. The number of hydrogen-bond acceptors (Lipinski definition) is 3. The van der Waals surface area contributed by atoms with Crippen LogP contribution < -0.4 is 16.4 Å². The van der Waals surface area contributed by atoms with Gasteiger partial charge in [-0.3, -0.25) is 4.79 Å².